The smallest absolute Gasteiger partial charge is 0.210 e. The third kappa shape index (κ3) is 4.25. The highest BCUT2D eigenvalue weighted by Gasteiger charge is 2.15. The Labute approximate surface area is 182 Å². The van der Waals surface area contributed by atoms with Crippen molar-refractivity contribution >= 4 is 29.4 Å². The number of halogens is 2. The van der Waals surface area contributed by atoms with Crippen molar-refractivity contribution in [2.75, 3.05) is 11.4 Å². The SMILES string of the molecule is CCN1/C(=C/c2cc[n+](-c3ccc(Cl)cc3)cc2)C=Cc2ccccc21.[I-]. The topological polar surface area (TPSA) is 7.12 Å². The van der Waals surface area contributed by atoms with Crippen molar-refractivity contribution in [3.63, 3.8) is 0 Å². The standard InChI is InChI=1S/C23H20ClN2.HI/c1-2-26-22(10-7-19-5-3-4-6-23(19)26)17-18-13-15-25(16-14-18)21-11-8-20(24)9-12-21;/h3-17H,2H2,1H3;1H/q+1;/p-1. The summed E-state index contributed by atoms with van der Waals surface area (Å²) in [7, 11) is 0. The summed E-state index contributed by atoms with van der Waals surface area (Å²) >= 11 is 5.97. The molecule has 2 aromatic carbocycles. The fourth-order valence-electron chi connectivity index (χ4n) is 3.25. The summed E-state index contributed by atoms with van der Waals surface area (Å²) in [6.07, 6.45) is 10.7. The number of nitrogens with zero attached hydrogens (tertiary/aromatic N) is 2. The van der Waals surface area contributed by atoms with E-state index >= 15 is 0 Å². The molecule has 0 fully saturated rings. The lowest BCUT2D eigenvalue weighted by Gasteiger charge is -2.29. The molecule has 2 heterocycles. The van der Waals surface area contributed by atoms with Gasteiger partial charge in [-0.05, 0) is 48.4 Å². The first kappa shape index (κ1) is 19.6. The number of fused-ring (bicyclic) bond motifs is 1. The Bertz CT molecular complexity index is 976. The number of anilines is 1. The molecule has 0 radical (unpaired) electrons. The van der Waals surface area contributed by atoms with Crippen LogP contribution in [0.25, 0.3) is 17.8 Å². The molecular formula is C23H20ClIN2. The van der Waals surface area contributed by atoms with Gasteiger partial charge in [-0.3, -0.25) is 0 Å². The molecule has 2 nitrogen and oxygen atoms in total. The molecule has 136 valence electrons. The molecule has 1 aliphatic heterocycles. The maximum absolute atomic E-state index is 5.97. The minimum atomic E-state index is 0. The maximum atomic E-state index is 5.97. The van der Waals surface area contributed by atoms with Crippen LogP contribution in [0, 0.1) is 0 Å². The van der Waals surface area contributed by atoms with E-state index in [0.717, 1.165) is 17.3 Å². The van der Waals surface area contributed by atoms with E-state index in [9.17, 15) is 0 Å². The molecule has 1 aliphatic rings. The number of para-hydroxylation sites is 1. The normalized spacial score (nSPS) is 14.0. The second kappa shape index (κ2) is 8.72. The number of likely N-dealkylation sites (N-methyl/N-ethyl adjacent to an activating group) is 1. The van der Waals surface area contributed by atoms with Crippen molar-refractivity contribution < 1.29 is 28.5 Å². The Kier molecular flexibility index (Phi) is 6.34. The summed E-state index contributed by atoms with van der Waals surface area (Å²) in [6.45, 7) is 3.12. The van der Waals surface area contributed by atoms with Gasteiger partial charge in [0.05, 0.1) is 0 Å². The summed E-state index contributed by atoms with van der Waals surface area (Å²) in [5.74, 6) is 0. The molecule has 0 unspecified atom stereocenters. The van der Waals surface area contributed by atoms with Crippen LogP contribution in [0.15, 0.2) is 84.8 Å². The number of allylic oxidation sites excluding steroid dienone is 1. The average molecular weight is 487 g/mol. The van der Waals surface area contributed by atoms with Gasteiger partial charge in [0, 0.05) is 47.2 Å². The summed E-state index contributed by atoms with van der Waals surface area (Å²) in [4.78, 5) is 2.34. The fraction of sp³-hybridized carbons (Fsp3) is 0.0870. The Balaban J connectivity index is 0.00000210. The third-order valence-electron chi connectivity index (χ3n) is 4.58. The summed E-state index contributed by atoms with van der Waals surface area (Å²) < 4.78 is 2.09. The molecule has 0 spiro atoms. The van der Waals surface area contributed by atoms with Crippen LogP contribution in [0.3, 0.4) is 0 Å². The van der Waals surface area contributed by atoms with Gasteiger partial charge >= 0.3 is 0 Å². The number of benzene rings is 2. The molecular weight excluding hydrogens is 467 g/mol. The van der Waals surface area contributed by atoms with Crippen molar-refractivity contribution in [2.45, 2.75) is 6.92 Å². The molecule has 1 aromatic heterocycles. The van der Waals surface area contributed by atoms with Gasteiger partial charge in [-0.1, -0.05) is 35.9 Å². The van der Waals surface area contributed by atoms with Crippen LogP contribution < -0.4 is 33.4 Å². The van der Waals surface area contributed by atoms with E-state index < -0.39 is 0 Å². The highest BCUT2D eigenvalue weighted by Crippen LogP contribution is 2.31. The molecule has 0 amide bonds. The zero-order chi connectivity index (χ0) is 17.9. The minimum Gasteiger partial charge on any atom is -1.00 e. The second-order valence-electron chi connectivity index (χ2n) is 6.22. The quantitative estimate of drug-likeness (QED) is 0.408. The zero-order valence-corrected chi connectivity index (χ0v) is 17.9. The molecule has 0 saturated carbocycles. The van der Waals surface area contributed by atoms with E-state index in [2.05, 4.69) is 83.4 Å². The van der Waals surface area contributed by atoms with Crippen molar-refractivity contribution in [3.05, 3.63) is 101 Å². The van der Waals surface area contributed by atoms with Crippen LogP contribution in [-0.4, -0.2) is 6.54 Å². The van der Waals surface area contributed by atoms with E-state index in [-0.39, 0.29) is 24.0 Å². The van der Waals surface area contributed by atoms with Crippen LogP contribution in [0.2, 0.25) is 5.02 Å². The van der Waals surface area contributed by atoms with Crippen LogP contribution in [0.1, 0.15) is 18.1 Å². The van der Waals surface area contributed by atoms with E-state index in [1.165, 1.54) is 22.5 Å². The molecule has 4 rings (SSSR count). The predicted molar refractivity (Wildman–Crippen MR) is 109 cm³/mol. The third-order valence-corrected chi connectivity index (χ3v) is 4.84. The molecule has 0 N–H and O–H groups in total. The first-order chi connectivity index (χ1) is 12.7. The van der Waals surface area contributed by atoms with Gasteiger partial charge in [-0.15, -0.1) is 0 Å². The first-order valence-corrected chi connectivity index (χ1v) is 9.16. The molecule has 27 heavy (non-hydrogen) atoms. The molecule has 0 saturated heterocycles. The average Bonchev–Trinajstić information content (AvgIpc) is 2.69. The molecule has 0 aliphatic carbocycles. The van der Waals surface area contributed by atoms with Gasteiger partial charge in [0.15, 0.2) is 12.4 Å². The lowest BCUT2D eigenvalue weighted by Crippen LogP contribution is -3.00. The van der Waals surface area contributed by atoms with Crippen molar-refractivity contribution in [1.29, 1.82) is 0 Å². The largest absolute Gasteiger partial charge is 1.00 e. The van der Waals surface area contributed by atoms with Crippen molar-refractivity contribution in [1.82, 2.24) is 0 Å². The van der Waals surface area contributed by atoms with Crippen LogP contribution >= 0.6 is 11.6 Å². The van der Waals surface area contributed by atoms with Gasteiger partial charge in [0.25, 0.3) is 0 Å². The number of rotatable bonds is 3. The number of hydrogen-bond acceptors (Lipinski definition) is 1. The first-order valence-electron chi connectivity index (χ1n) is 8.78. The molecule has 0 atom stereocenters. The van der Waals surface area contributed by atoms with Crippen LogP contribution in [-0.2, 0) is 0 Å². The van der Waals surface area contributed by atoms with E-state index in [0.29, 0.717) is 0 Å². The van der Waals surface area contributed by atoms with Gasteiger partial charge in [-0.2, -0.15) is 4.57 Å². The van der Waals surface area contributed by atoms with Gasteiger partial charge < -0.3 is 28.9 Å². The van der Waals surface area contributed by atoms with Crippen molar-refractivity contribution in [2.24, 2.45) is 0 Å². The zero-order valence-electron chi connectivity index (χ0n) is 15.0. The summed E-state index contributed by atoms with van der Waals surface area (Å²) in [6, 6.07) is 20.6. The number of aromatic nitrogens is 1. The molecule has 0 bridgehead atoms. The van der Waals surface area contributed by atoms with Crippen LogP contribution in [0.5, 0.6) is 0 Å². The number of pyridine rings is 1. The summed E-state index contributed by atoms with van der Waals surface area (Å²) in [5.41, 5.74) is 5.99. The lowest BCUT2D eigenvalue weighted by molar-refractivity contribution is -0.595. The predicted octanol–water partition coefficient (Wildman–Crippen LogP) is 2.51. The van der Waals surface area contributed by atoms with Gasteiger partial charge in [-0.25, -0.2) is 0 Å². The van der Waals surface area contributed by atoms with E-state index in [1.807, 2.05) is 24.3 Å². The number of hydrogen-bond donors (Lipinski definition) is 0. The molecule has 4 heteroatoms. The highest BCUT2D eigenvalue weighted by atomic mass is 127. The highest BCUT2D eigenvalue weighted by molar-refractivity contribution is 6.30. The maximum Gasteiger partial charge on any atom is 0.210 e. The second-order valence-corrected chi connectivity index (χ2v) is 6.66. The van der Waals surface area contributed by atoms with E-state index in [4.69, 9.17) is 11.6 Å². The lowest BCUT2D eigenvalue weighted by atomic mass is 10.0. The Hall–Kier alpha value is -2.11. The Morgan fingerprint density at radius 3 is 2.33 bits per heavy atom. The van der Waals surface area contributed by atoms with Crippen LogP contribution in [0.4, 0.5) is 5.69 Å². The minimum absolute atomic E-state index is 0. The Morgan fingerprint density at radius 2 is 1.63 bits per heavy atom. The monoisotopic (exact) mass is 486 g/mol. The molecule has 3 aromatic rings. The Morgan fingerprint density at radius 1 is 0.926 bits per heavy atom. The van der Waals surface area contributed by atoms with Crippen molar-refractivity contribution in [3.8, 4) is 5.69 Å². The fourth-order valence-corrected chi connectivity index (χ4v) is 3.37. The van der Waals surface area contributed by atoms with E-state index in [1.54, 1.807) is 0 Å². The van der Waals surface area contributed by atoms with Gasteiger partial charge in [0.1, 0.15) is 0 Å². The van der Waals surface area contributed by atoms with Gasteiger partial charge in [0.2, 0.25) is 5.69 Å². The summed E-state index contributed by atoms with van der Waals surface area (Å²) in [5, 5.41) is 0.750.